The number of benzene rings is 2. The fourth-order valence-corrected chi connectivity index (χ4v) is 4.88. The van der Waals surface area contributed by atoms with Crippen molar-refractivity contribution in [1.29, 1.82) is 0 Å². The lowest BCUT2D eigenvalue weighted by atomic mass is 9.81. The number of imide groups is 1. The van der Waals surface area contributed by atoms with E-state index >= 15 is 0 Å². The Morgan fingerprint density at radius 1 is 0.882 bits per heavy atom. The Kier molecular flexibility index (Phi) is 7.40. The number of carbonyl (C=O) groups is 4. The van der Waals surface area contributed by atoms with Gasteiger partial charge in [-0.25, -0.2) is 0 Å². The molecule has 2 aromatic rings. The van der Waals surface area contributed by atoms with Gasteiger partial charge < -0.3 is 9.64 Å². The summed E-state index contributed by atoms with van der Waals surface area (Å²) < 4.78 is 5.40. The maximum absolute atomic E-state index is 13.3. The highest BCUT2D eigenvalue weighted by Crippen LogP contribution is 2.37. The van der Waals surface area contributed by atoms with Gasteiger partial charge in [-0.2, -0.15) is 0 Å². The van der Waals surface area contributed by atoms with Crippen molar-refractivity contribution < 1.29 is 23.9 Å². The third kappa shape index (κ3) is 5.35. The molecule has 178 valence electrons. The Morgan fingerprint density at radius 3 is 1.82 bits per heavy atom. The highest BCUT2D eigenvalue weighted by atomic mass is 16.5. The van der Waals surface area contributed by atoms with Crippen LogP contribution in [0.2, 0.25) is 0 Å². The molecule has 3 atom stereocenters. The first-order valence-electron chi connectivity index (χ1n) is 11.9. The number of esters is 1. The molecule has 3 amide bonds. The quantitative estimate of drug-likeness (QED) is 0.444. The predicted octanol–water partition coefficient (Wildman–Crippen LogP) is 3.32. The Labute approximate surface area is 199 Å². The maximum Gasteiger partial charge on any atom is 0.326 e. The van der Waals surface area contributed by atoms with Gasteiger partial charge in [0.1, 0.15) is 6.54 Å². The summed E-state index contributed by atoms with van der Waals surface area (Å²) in [6, 6.07) is 19.2. The van der Waals surface area contributed by atoms with Gasteiger partial charge in [-0.1, -0.05) is 73.5 Å². The molecule has 0 bridgehead atoms. The summed E-state index contributed by atoms with van der Waals surface area (Å²) in [5.41, 5.74) is 1.92. The molecule has 0 aromatic heterocycles. The number of fused-ring (bicyclic) bond motifs is 1. The van der Waals surface area contributed by atoms with Crippen LogP contribution < -0.4 is 0 Å². The molecule has 3 unspecified atom stereocenters. The Balaban J connectivity index is 1.40. The maximum atomic E-state index is 13.3. The van der Waals surface area contributed by atoms with Crippen molar-refractivity contribution in [3.05, 3.63) is 71.8 Å². The zero-order valence-corrected chi connectivity index (χ0v) is 19.4. The van der Waals surface area contributed by atoms with E-state index in [4.69, 9.17) is 4.74 Å². The van der Waals surface area contributed by atoms with E-state index in [-0.39, 0.29) is 29.6 Å². The van der Waals surface area contributed by atoms with Gasteiger partial charge in [0.2, 0.25) is 11.8 Å². The zero-order valence-electron chi connectivity index (χ0n) is 19.4. The molecule has 34 heavy (non-hydrogen) atoms. The monoisotopic (exact) mass is 462 g/mol. The normalized spacial score (nSPS) is 20.6. The second-order valence-corrected chi connectivity index (χ2v) is 9.06. The smallest absolute Gasteiger partial charge is 0.326 e. The zero-order chi connectivity index (χ0) is 24.1. The van der Waals surface area contributed by atoms with Crippen LogP contribution in [0.5, 0.6) is 0 Å². The molecule has 0 spiro atoms. The van der Waals surface area contributed by atoms with E-state index in [2.05, 4.69) is 0 Å². The van der Waals surface area contributed by atoms with Crippen LogP contribution in [-0.2, 0) is 37.0 Å². The van der Waals surface area contributed by atoms with Gasteiger partial charge in [0.15, 0.2) is 6.10 Å². The molecule has 1 saturated carbocycles. The van der Waals surface area contributed by atoms with Crippen molar-refractivity contribution in [2.75, 3.05) is 6.54 Å². The molecular formula is C27H30N2O5. The molecule has 0 radical (unpaired) electrons. The molecule has 7 nitrogen and oxygen atoms in total. The lowest BCUT2D eigenvalue weighted by molar-refractivity contribution is -0.162. The number of hydrogen-bond donors (Lipinski definition) is 0. The van der Waals surface area contributed by atoms with Crippen LogP contribution in [0.3, 0.4) is 0 Å². The van der Waals surface area contributed by atoms with E-state index in [0.717, 1.165) is 28.9 Å². The summed E-state index contributed by atoms with van der Waals surface area (Å²) in [4.78, 5) is 53.8. The molecule has 7 heteroatoms. The van der Waals surface area contributed by atoms with Gasteiger partial charge in [-0.15, -0.1) is 0 Å². The largest absolute Gasteiger partial charge is 0.451 e. The van der Waals surface area contributed by atoms with Crippen LogP contribution in [0.4, 0.5) is 0 Å². The number of hydrogen-bond acceptors (Lipinski definition) is 5. The first-order valence-corrected chi connectivity index (χ1v) is 11.9. The van der Waals surface area contributed by atoms with Gasteiger partial charge in [-0.3, -0.25) is 24.1 Å². The summed E-state index contributed by atoms with van der Waals surface area (Å²) in [7, 11) is 0. The summed E-state index contributed by atoms with van der Waals surface area (Å²) in [5.74, 6) is -2.31. The second-order valence-electron chi connectivity index (χ2n) is 9.06. The van der Waals surface area contributed by atoms with Crippen LogP contribution in [0.25, 0.3) is 0 Å². The van der Waals surface area contributed by atoms with Crippen molar-refractivity contribution in [3.63, 3.8) is 0 Å². The average Bonchev–Trinajstić information content (AvgIpc) is 3.09. The first-order chi connectivity index (χ1) is 16.4. The Morgan fingerprint density at radius 2 is 1.35 bits per heavy atom. The van der Waals surface area contributed by atoms with E-state index in [9.17, 15) is 19.2 Å². The topological polar surface area (TPSA) is 84.0 Å². The third-order valence-corrected chi connectivity index (χ3v) is 6.62. The SMILES string of the molecule is CC(OC(=O)CN1C(=O)C2CCCCC2C1=O)C(=O)N(Cc1ccccc1)Cc1ccccc1. The summed E-state index contributed by atoms with van der Waals surface area (Å²) >= 11 is 0. The Bertz CT molecular complexity index is 974. The standard InChI is InChI=1S/C27H30N2O5/c1-19(34-24(30)18-29-26(32)22-14-8-9-15-23(22)27(29)33)25(31)28(16-20-10-4-2-5-11-20)17-21-12-6-3-7-13-21/h2-7,10-13,19,22-23H,8-9,14-18H2,1H3. The van der Waals surface area contributed by atoms with E-state index in [1.54, 1.807) is 4.90 Å². The van der Waals surface area contributed by atoms with E-state index < -0.39 is 18.6 Å². The molecule has 0 N–H and O–H groups in total. The van der Waals surface area contributed by atoms with E-state index in [1.165, 1.54) is 6.92 Å². The van der Waals surface area contributed by atoms with Gasteiger partial charge in [0.05, 0.1) is 11.8 Å². The number of likely N-dealkylation sites (tertiary alicyclic amines) is 1. The van der Waals surface area contributed by atoms with Gasteiger partial charge >= 0.3 is 5.97 Å². The number of rotatable bonds is 8. The van der Waals surface area contributed by atoms with Crippen molar-refractivity contribution in [1.82, 2.24) is 9.80 Å². The highest BCUT2D eigenvalue weighted by molar-refractivity contribution is 6.07. The van der Waals surface area contributed by atoms with Crippen molar-refractivity contribution in [2.45, 2.75) is 51.8 Å². The lowest BCUT2D eigenvalue weighted by Crippen LogP contribution is -2.42. The predicted molar refractivity (Wildman–Crippen MR) is 125 cm³/mol. The number of carbonyl (C=O) groups excluding carboxylic acids is 4. The van der Waals surface area contributed by atoms with Gasteiger partial charge in [0, 0.05) is 13.1 Å². The molecule has 1 aliphatic heterocycles. The van der Waals surface area contributed by atoms with Gasteiger partial charge in [0.25, 0.3) is 5.91 Å². The van der Waals surface area contributed by atoms with Crippen molar-refractivity contribution in [3.8, 4) is 0 Å². The van der Waals surface area contributed by atoms with Crippen molar-refractivity contribution in [2.24, 2.45) is 11.8 Å². The minimum atomic E-state index is -1.05. The second kappa shape index (κ2) is 10.6. The molecule has 4 rings (SSSR count). The fourth-order valence-electron chi connectivity index (χ4n) is 4.88. The molecule has 2 fully saturated rings. The van der Waals surface area contributed by atoms with E-state index in [0.29, 0.717) is 25.9 Å². The summed E-state index contributed by atoms with van der Waals surface area (Å²) in [6.07, 6.45) is 2.16. The summed E-state index contributed by atoms with van der Waals surface area (Å²) in [6.45, 7) is 1.81. The molecule has 1 heterocycles. The molecule has 2 aromatic carbocycles. The minimum absolute atomic E-state index is 0.291. The number of nitrogens with zero attached hydrogens (tertiary/aromatic N) is 2. The third-order valence-electron chi connectivity index (χ3n) is 6.62. The molecule has 1 saturated heterocycles. The summed E-state index contributed by atoms with van der Waals surface area (Å²) in [5, 5.41) is 0. The highest BCUT2D eigenvalue weighted by Gasteiger charge is 2.48. The van der Waals surface area contributed by atoms with Crippen molar-refractivity contribution >= 4 is 23.7 Å². The minimum Gasteiger partial charge on any atom is -0.451 e. The molecule has 2 aliphatic rings. The van der Waals surface area contributed by atoms with Crippen LogP contribution in [0, 0.1) is 11.8 Å². The Hall–Kier alpha value is -3.48. The average molecular weight is 463 g/mol. The van der Waals surface area contributed by atoms with Crippen LogP contribution in [0.1, 0.15) is 43.7 Å². The lowest BCUT2D eigenvalue weighted by Gasteiger charge is -2.26. The van der Waals surface area contributed by atoms with E-state index in [1.807, 2.05) is 60.7 Å². The van der Waals surface area contributed by atoms with Crippen LogP contribution in [-0.4, -0.2) is 46.1 Å². The number of ether oxygens (including phenoxy) is 1. The number of amides is 3. The molecular weight excluding hydrogens is 432 g/mol. The first kappa shape index (κ1) is 23.7. The van der Waals surface area contributed by atoms with Crippen LogP contribution in [0.15, 0.2) is 60.7 Å². The van der Waals surface area contributed by atoms with Gasteiger partial charge in [-0.05, 0) is 30.9 Å². The molecule has 1 aliphatic carbocycles. The van der Waals surface area contributed by atoms with Crippen LogP contribution >= 0.6 is 0 Å². The fraction of sp³-hybridized carbons (Fsp3) is 0.407.